The number of nitrogens with one attached hydrogen (secondary N) is 1. The van der Waals surface area contributed by atoms with Crippen LogP contribution in [0.5, 0.6) is 0 Å². The molecule has 1 amide bonds. The Morgan fingerprint density at radius 2 is 2.04 bits per heavy atom. The standard InChI is InChI=1S/C21H17N5OS/c1-12-7-14(3)19-16(8-12)13(2)9-18(24-19)26-20(15(10-22)11-23-26)25-21(27)17-5-4-6-28-17/h4-9,11H,1-3H3,(H,25,27). The topological polar surface area (TPSA) is 83.6 Å². The van der Waals surface area contributed by atoms with Crippen molar-refractivity contribution in [1.82, 2.24) is 14.8 Å². The molecule has 0 saturated carbocycles. The van der Waals surface area contributed by atoms with Crippen molar-refractivity contribution in [2.75, 3.05) is 5.32 Å². The number of nitriles is 1. The number of hydrogen-bond donors (Lipinski definition) is 1. The summed E-state index contributed by atoms with van der Waals surface area (Å²) in [5.41, 5.74) is 4.46. The van der Waals surface area contributed by atoms with E-state index in [2.05, 4.69) is 35.5 Å². The van der Waals surface area contributed by atoms with Crippen molar-refractivity contribution in [1.29, 1.82) is 5.26 Å². The van der Waals surface area contributed by atoms with Crippen molar-refractivity contribution in [2.24, 2.45) is 0 Å². The van der Waals surface area contributed by atoms with Gasteiger partial charge in [0.1, 0.15) is 11.6 Å². The molecule has 0 fully saturated rings. The zero-order valence-electron chi connectivity index (χ0n) is 15.6. The summed E-state index contributed by atoms with van der Waals surface area (Å²) in [6, 6.07) is 11.7. The number of carbonyl (C=O) groups excluding carboxylic acids is 1. The molecular weight excluding hydrogens is 370 g/mol. The first-order chi connectivity index (χ1) is 13.5. The highest BCUT2D eigenvalue weighted by Crippen LogP contribution is 2.27. The first kappa shape index (κ1) is 17.9. The Bertz CT molecular complexity index is 1250. The zero-order valence-corrected chi connectivity index (χ0v) is 16.5. The average molecular weight is 387 g/mol. The lowest BCUT2D eigenvalue weighted by Gasteiger charge is -2.12. The monoisotopic (exact) mass is 387 g/mol. The Balaban J connectivity index is 1.85. The summed E-state index contributed by atoms with van der Waals surface area (Å²) in [6.07, 6.45) is 1.44. The Kier molecular flexibility index (Phi) is 4.41. The van der Waals surface area contributed by atoms with Gasteiger partial charge in [0, 0.05) is 5.39 Å². The fourth-order valence-electron chi connectivity index (χ4n) is 3.24. The van der Waals surface area contributed by atoms with E-state index in [9.17, 15) is 10.1 Å². The van der Waals surface area contributed by atoms with Crippen molar-refractivity contribution in [2.45, 2.75) is 20.8 Å². The summed E-state index contributed by atoms with van der Waals surface area (Å²) in [4.78, 5) is 17.9. The molecule has 0 unspecified atom stereocenters. The molecule has 28 heavy (non-hydrogen) atoms. The van der Waals surface area contributed by atoms with Gasteiger partial charge in [0.05, 0.1) is 16.6 Å². The summed E-state index contributed by atoms with van der Waals surface area (Å²) in [6.45, 7) is 6.10. The number of pyridine rings is 1. The number of fused-ring (bicyclic) bond motifs is 1. The van der Waals surface area contributed by atoms with E-state index in [0.29, 0.717) is 16.5 Å². The van der Waals surface area contributed by atoms with Crippen LogP contribution in [0.15, 0.2) is 41.9 Å². The third-order valence-electron chi connectivity index (χ3n) is 4.53. The van der Waals surface area contributed by atoms with E-state index in [1.54, 1.807) is 12.1 Å². The maximum Gasteiger partial charge on any atom is 0.266 e. The molecule has 1 N–H and O–H groups in total. The Morgan fingerprint density at radius 1 is 1.21 bits per heavy atom. The van der Waals surface area contributed by atoms with Crippen molar-refractivity contribution in [3.63, 3.8) is 0 Å². The van der Waals surface area contributed by atoms with Gasteiger partial charge in [0.25, 0.3) is 5.91 Å². The highest BCUT2D eigenvalue weighted by Gasteiger charge is 2.18. The summed E-state index contributed by atoms with van der Waals surface area (Å²) >= 11 is 1.34. The number of hydrogen-bond acceptors (Lipinski definition) is 5. The lowest BCUT2D eigenvalue weighted by Crippen LogP contribution is -2.15. The number of nitrogens with zero attached hydrogens (tertiary/aromatic N) is 4. The molecule has 0 spiro atoms. The first-order valence-corrected chi connectivity index (χ1v) is 9.58. The van der Waals surface area contributed by atoms with Crippen molar-refractivity contribution >= 4 is 34.0 Å². The smallest absolute Gasteiger partial charge is 0.266 e. The highest BCUT2D eigenvalue weighted by atomic mass is 32.1. The molecule has 7 heteroatoms. The van der Waals surface area contributed by atoms with Crippen LogP contribution < -0.4 is 5.32 Å². The Labute approximate surface area is 166 Å². The second-order valence-corrected chi connectivity index (χ2v) is 7.58. The van der Waals surface area contributed by atoms with Gasteiger partial charge in [0.15, 0.2) is 11.6 Å². The molecule has 4 aromatic rings. The van der Waals surface area contributed by atoms with E-state index in [-0.39, 0.29) is 11.5 Å². The van der Waals surface area contributed by atoms with Gasteiger partial charge in [-0.25, -0.2) is 4.98 Å². The van der Waals surface area contributed by atoms with E-state index in [0.717, 1.165) is 22.0 Å². The van der Waals surface area contributed by atoms with Crippen LogP contribution in [0.25, 0.3) is 16.7 Å². The van der Waals surface area contributed by atoms with Crippen LogP contribution in [0, 0.1) is 32.1 Å². The molecule has 4 rings (SSSR count). The minimum atomic E-state index is -0.280. The fourth-order valence-corrected chi connectivity index (χ4v) is 3.86. The third-order valence-corrected chi connectivity index (χ3v) is 5.39. The van der Waals surface area contributed by atoms with Gasteiger partial charge in [-0.3, -0.25) is 4.79 Å². The van der Waals surface area contributed by atoms with E-state index in [1.807, 2.05) is 25.3 Å². The molecule has 6 nitrogen and oxygen atoms in total. The normalized spacial score (nSPS) is 10.8. The molecule has 3 aromatic heterocycles. The fraction of sp³-hybridized carbons (Fsp3) is 0.143. The van der Waals surface area contributed by atoms with Crippen molar-refractivity contribution in [3.05, 3.63) is 69.0 Å². The van der Waals surface area contributed by atoms with Crippen molar-refractivity contribution in [3.8, 4) is 11.9 Å². The second-order valence-electron chi connectivity index (χ2n) is 6.64. The lowest BCUT2D eigenvalue weighted by atomic mass is 10.0. The van der Waals surface area contributed by atoms with E-state index in [1.165, 1.54) is 27.8 Å². The van der Waals surface area contributed by atoms with Gasteiger partial charge in [-0.05, 0) is 55.5 Å². The summed E-state index contributed by atoms with van der Waals surface area (Å²) in [7, 11) is 0. The number of rotatable bonds is 3. The predicted octanol–water partition coefficient (Wildman–Crippen LogP) is 4.53. The number of thiophene rings is 1. The molecule has 1 aromatic carbocycles. The minimum absolute atomic E-state index is 0.280. The van der Waals surface area contributed by atoms with Gasteiger partial charge in [-0.1, -0.05) is 17.7 Å². The molecule has 0 saturated heterocycles. The van der Waals surface area contributed by atoms with Crippen LogP contribution in [-0.2, 0) is 0 Å². The molecule has 0 aliphatic carbocycles. The Hall–Kier alpha value is -3.50. The third kappa shape index (κ3) is 3.04. The van der Waals surface area contributed by atoms with Gasteiger partial charge in [0.2, 0.25) is 0 Å². The number of carbonyl (C=O) groups is 1. The highest BCUT2D eigenvalue weighted by molar-refractivity contribution is 7.12. The maximum absolute atomic E-state index is 12.5. The van der Waals surface area contributed by atoms with Gasteiger partial charge < -0.3 is 5.32 Å². The van der Waals surface area contributed by atoms with Crippen molar-refractivity contribution < 1.29 is 4.79 Å². The molecule has 3 heterocycles. The zero-order chi connectivity index (χ0) is 19.8. The summed E-state index contributed by atoms with van der Waals surface area (Å²) in [5, 5.41) is 19.5. The van der Waals surface area contributed by atoms with Crippen LogP contribution >= 0.6 is 11.3 Å². The maximum atomic E-state index is 12.5. The summed E-state index contributed by atoms with van der Waals surface area (Å²) < 4.78 is 1.51. The van der Waals surface area contributed by atoms with Crippen LogP contribution in [0.4, 0.5) is 5.82 Å². The van der Waals surface area contributed by atoms with Gasteiger partial charge >= 0.3 is 0 Å². The van der Waals surface area contributed by atoms with Crippen LogP contribution in [-0.4, -0.2) is 20.7 Å². The van der Waals surface area contributed by atoms with E-state index >= 15 is 0 Å². The Morgan fingerprint density at radius 3 is 2.75 bits per heavy atom. The number of benzene rings is 1. The predicted molar refractivity (Wildman–Crippen MR) is 110 cm³/mol. The van der Waals surface area contributed by atoms with Gasteiger partial charge in [-0.15, -0.1) is 11.3 Å². The lowest BCUT2D eigenvalue weighted by molar-refractivity contribution is 0.103. The molecular formula is C21H17N5OS. The van der Waals surface area contributed by atoms with Crippen LogP contribution in [0.1, 0.15) is 31.9 Å². The second kappa shape index (κ2) is 6.91. The quantitative estimate of drug-likeness (QED) is 0.560. The molecule has 0 aliphatic rings. The van der Waals surface area contributed by atoms with Crippen LogP contribution in [0.3, 0.4) is 0 Å². The number of amides is 1. The first-order valence-electron chi connectivity index (χ1n) is 8.70. The summed E-state index contributed by atoms with van der Waals surface area (Å²) in [5.74, 6) is 0.592. The minimum Gasteiger partial charge on any atom is -0.305 e. The van der Waals surface area contributed by atoms with Gasteiger partial charge in [-0.2, -0.15) is 15.0 Å². The van der Waals surface area contributed by atoms with E-state index < -0.39 is 0 Å². The number of anilines is 1. The average Bonchev–Trinajstić information content (AvgIpc) is 3.32. The van der Waals surface area contributed by atoms with E-state index in [4.69, 9.17) is 4.98 Å². The van der Waals surface area contributed by atoms with Crippen LogP contribution in [0.2, 0.25) is 0 Å². The molecule has 0 bridgehead atoms. The molecule has 138 valence electrons. The number of aryl methyl sites for hydroxylation is 3. The molecule has 0 aliphatic heterocycles. The molecule has 0 atom stereocenters. The number of aromatic nitrogens is 3. The largest absolute Gasteiger partial charge is 0.305 e. The SMILES string of the molecule is Cc1cc(C)c2nc(-n3ncc(C#N)c3NC(=O)c3cccs3)cc(C)c2c1. The molecule has 0 radical (unpaired) electrons.